The summed E-state index contributed by atoms with van der Waals surface area (Å²) >= 11 is 0. The van der Waals surface area contributed by atoms with Crippen LogP contribution in [0.1, 0.15) is 33.1 Å². The van der Waals surface area contributed by atoms with E-state index in [0.29, 0.717) is 5.92 Å². The summed E-state index contributed by atoms with van der Waals surface area (Å²) in [6.07, 6.45) is 3.73. The molecular weight excluding hydrogens is 264 g/mol. The van der Waals surface area contributed by atoms with Gasteiger partial charge in [0.25, 0.3) is 0 Å². The number of hydrogen-bond acceptors (Lipinski definition) is 3. The van der Waals surface area contributed by atoms with E-state index in [9.17, 15) is 0 Å². The lowest BCUT2D eigenvalue weighted by Crippen LogP contribution is -2.40. The Balaban J connectivity index is 2.39. The monoisotopic (exact) mass is 298 g/mol. The van der Waals surface area contributed by atoms with Gasteiger partial charge in [0, 0.05) is 39.2 Å². The zero-order valence-electron chi connectivity index (χ0n) is 14.4. The third-order valence-corrected chi connectivity index (χ3v) is 3.96. The number of nitrogens with one attached hydrogen (secondary N) is 1. The first-order chi connectivity index (χ1) is 10.2. The number of hydrogen-bond donors (Lipinski definition) is 1. The minimum atomic E-state index is 0.645. The van der Waals surface area contributed by atoms with E-state index in [1.165, 1.54) is 25.8 Å². The van der Waals surface area contributed by atoms with Crippen LogP contribution in [0.25, 0.3) is 0 Å². The van der Waals surface area contributed by atoms with Crippen molar-refractivity contribution >= 4 is 5.96 Å². The maximum atomic E-state index is 5.27. The van der Waals surface area contributed by atoms with Gasteiger partial charge in [-0.05, 0) is 33.4 Å². The summed E-state index contributed by atoms with van der Waals surface area (Å²) in [7, 11) is 3.97. The molecule has 0 saturated carbocycles. The number of aliphatic imine (C=N–C) groups is 1. The molecule has 0 bridgehead atoms. The summed E-state index contributed by atoms with van der Waals surface area (Å²) in [6, 6.07) is 0. The van der Waals surface area contributed by atoms with Crippen molar-refractivity contribution in [3.8, 4) is 0 Å². The Morgan fingerprint density at radius 3 is 2.86 bits per heavy atom. The summed E-state index contributed by atoms with van der Waals surface area (Å²) in [5, 5.41) is 3.42. The van der Waals surface area contributed by atoms with Crippen LogP contribution in [-0.2, 0) is 4.74 Å². The standard InChI is InChI=1S/C16H34N4O/c1-5-7-10-19(3)12-9-18-16(17-6-2)20-11-8-15(13-20)14-21-4/h15H,5-14H2,1-4H3,(H,17,18). The Labute approximate surface area is 130 Å². The summed E-state index contributed by atoms with van der Waals surface area (Å²) in [6.45, 7) is 11.4. The van der Waals surface area contributed by atoms with Gasteiger partial charge in [0.15, 0.2) is 5.96 Å². The van der Waals surface area contributed by atoms with Gasteiger partial charge in [0.1, 0.15) is 0 Å². The van der Waals surface area contributed by atoms with E-state index in [1.807, 2.05) is 0 Å². The van der Waals surface area contributed by atoms with E-state index in [2.05, 4.69) is 36.0 Å². The summed E-state index contributed by atoms with van der Waals surface area (Å²) in [4.78, 5) is 9.53. The van der Waals surface area contributed by atoms with Gasteiger partial charge in [-0.1, -0.05) is 13.3 Å². The predicted molar refractivity (Wildman–Crippen MR) is 89.9 cm³/mol. The summed E-state index contributed by atoms with van der Waals surface area (Å²) < 4.78 is 5.27. The third kappa shape index (κ3) is 7.14. The van der Waals surface area contributed by atoms with Crippen LogP contribution in [0.2, 0.25) is 0 Å². The molecule has 1 saturated heterocycles. The molecule has 1 heterocycles. The Kier molecular flexibility index (Phi) is 9.42. The van der Waals surface area contributed by atoms with Crippen LogP contribution >= 0.6 is 0 Å². The Morgan fingerprint density at radius 2 is 2.19 bits per heavy atom. The van der Waals surface area contributed by atoms with Crippen LogP contribution in [0, 0.1) is 5.92 Å². The van der Waals surface area contributed by atoms with Crippen LogP contribution in [0.15, 0.2) is 4.99 Å². The zero-order chi connectivity index (χ0) is 15.5. The number of rotatable bonds is 9. The molecule has 5 nitrogen and oxygen atoms in total. The first-order valence-electron chi connectivity index (χ1n) is 8.42. The Hall–Kier alpha value is -0.810. The van der Waals surface area contributed by atoms with Crippen molar-refractivity contribution in [1.29, 1.82) is 0 Å². The summed E-state index contributed by atoms with van der Waals surface area (Å²) in [5.74, 6) is 1.71. The van der Waals surface area contributed by atoms with Crippen molar-refractivity contribution in [3.05, 3.63) is 0 Å². The van der Waals surface area contributed by atoms with Gasteiger partial charge in [-0.2, -0.15) is 0 Å². The molecular formula is C16H34N4O. The fourth-order valence-corrected chi connectivity index (χ4v) is 2.69. The second-order valence-corrected chi connectivity index (χ2v) is 5.95. The molecule has 0 aromatic heterocycles. The molecule has 0 amide bonds. The van der Waals surface area contributed by atoms with Crippen molar-refractivity contribution in [3.63, 3.8) is 0 Å². The van der Waals surface area contributed by atoms with Crippen molar-refractivity contribution in [1.82, 2.24) is 15.1 Å². The molecule has 124 valence electrons. The first kappa shape index (κ1) is 18.2. The van der Waals surface area contributed by atoms with E-state index in [0.717, 1.165) is 45.3 Å². The molecule has 1 fully saturated rings. The van der Waals surface area contributed by atoms with Crippen LogP contribution in [0.4, 0.5) is 0 Å². The van der Waals surface area contributed by atoms with Crippen LogP contribution in [-0.4, -0.2) is 75.8 Å². The highest BCUT2D eigenvalue weighted by Crippen LogP contribution is 2.16. The molecule has 0 aromatic rings. The van der Waals surface area contributed by atoms with Gasteiger partial charge in [-0.25, -0.2) is 0 Å². The lowest BCUT2D eigenvalue weighted by molar-refractivity contribution is 0.157. The zero-order valence-corrected chi connectivity index (χ0v) is 14.4. The van der Waals surface area contributed by atoms with E-state index in [4.69, 9.17) is 9.73 Å². The number of methoxy groups -OCH3 is 1. The molecule has 5 heteroatoms. The Bertz CT molecular complexity index is 296. The largest absolute Gasteiger partial charge is 0.384 e. The molecule has 1 N–H and O–H groups in total. The van der Waals surface area contributed by atoms with Gasteiger partial charge in [-0.15, -0.1) is 0 Å². The number of likely N-dealkylation sites (tertiary alicyclic amines) is 1. The average molecular weight is 298 g/mol. The number of guanidine groups is 1. The van der Waals surface area contributed by atoms with Crippen molar-refractivity contribution in [2.75, 3.05) is 60.0 Å². The second kappa shape index (κ2) is 10.9. The molecule has 1 atom stereocenters. The number of ether oxygens (including phenoxy) is 1. The van der Waals surface area contributed by atoms with Crippen LogP contribution in [0.3, 0.4) is 0 Å². The lowest BCUT2D eigenvalue weighted by atomic mass is 10.1. The smallest absolute Gasteiger partial charge is 0.193 e. The van der Waals surface area contributed by atoms with Crippen molar-refractivity contribution in [2.24, 2.45) is 10.9 Å². The highest BCUT2D eigenvalue weighted by Gasteiger charge is 2.24. The fraction of sp³-hybridized carbons (Fsp3) is 0.938. The topological polar surface area (TPSA) is 40.1 Å². The van der Waals surface area contributed by atoms with Gasteiger partial charge < -0.3 is 19.9 Å². The molecule has 1 rings (SSSR count). The molecule has 1 aliphatic heterocycles. The maximum absolute atomic E-state index is 5.27. The minimum Gasteiger partial charge on any atom is -0.384 e. The maximum Gasteiger partial charge on any atom is 0.193 e. The second-order valence-electron chi connectivity index (χ2n) is 5.95. The highest BCUT2D eigenvalue weighted by atomic mass is 16.5. The SMILES string of the molecule is CCCCN(C)CCN=C(NCC)N1CCC(COC)C1. The van der Waals surface area contributed by atoms with Gasteiger partial charge >= 0.3 is 0 Å². The number of nitrogens with zero attached hydrogens (tertiary/aromatic N) is 3. The van der Waals surface area contributed by atoms with Crippen LogP contribution in [0.5, 0.6) is 0 Å². The fourth-order valence-electron chi connectivity index (χ4n) is 2.69. The van der Waals surface area contributed by atoms with Crippen molar-refractivity contribution < 1.29 is 4.74 Å². The molecule has 21 heavy (non-hydrogen) atoms. The van der Waals surface area contributed by atoms with Gasteiger partial charge in [-0.3, -0.25) is 4.99 Å². The van der Waals surface area contributed by atoms with E-state index < -0.39 is 0 Å². The minimum absolute atomic E-state index is 0.645. The number of unbranched alkanes of at least 4 members (excludes halogenated alkanes) is 1. The Morgan fingerprint density at radius 1 is 1.38 bits per heavy atom. The van der Waals surface area contributed by atoms with Crippen LogP contribution < -0.4 is 5.32 Å². The van der Waals surface area contributed by atoms with Crippen molar-refractivity contribution in [2.45, 2.75) is 33.1 Å². The predicted octanol–water partition coefficient (Wildman–Crippen LogP) is 1.65. The van der Waals surface area contributed by atoms with E-state index >= 15 is 0 Å². The molecule has 1 aliphatic rings. The molecule has 0 aromatic carbocycles. The molecule has 1 unspecified atom stereocenters. The molecule has 0 aliphatic carbocycles. The normalized spacial score (nSPS) is 19.6. The quantitative estimate of drug-likeness (QED) is 0.519. The third-order valence-electron chi connectivity index (χ3n) is 3.96. The van der Waals surface area contributed by atoms with E-state index in [-0.39, 0.29) is 0 Å². The van der Waals surface area contributed by atoms with Gasteiger partial charge in [0.2, 0.25) is 0 Å². The number of likely N-dealkylation sites (N-methyl/N-ethyl adjacent to an activating group) is 1. The van der Waals surface area contributed by atoms with E-state index in [1.54, 1.807) is 7.11 Å². The lowest BCUT2D eigenvalue weighted by Gasteiger charge is -2.22. The molecule has 0 radical (unpaired) electrons. The van der Waals surface area contributed by atoms with Gasteiger partial charge in [0.05, 0.1) is 13.2 Å². The first-order valence-corrected chi connectivity index (χ1v) is 8.42. The molecule has 0 spiro atoms. The average Bonchev–Trinajstić information content (AvgIpc) is 2.93. The summed E-state index contributed by atoms with van der Waals surface area (Å²) in [5.41, 5.74) is 0. The highest BCUT2D eigenvalue weighted by molar-refractivity contribution is 5.80.